The Labute approximate surface area is 203 Å². The van der Waals surface area contributed by atoms with Crippen LogP contribution in [0.2, 0.25) is 0 Å². The van der Waals surface area contributed by atoms with E-state index < -0.39 is 0 Å². The molecule has 5 aromatic rings. The van der Waals surface area contributed by atoms with Crippen LogP contribution in [0.3, 0.4) is 0 Å². The summed E-state index contributed by atoms with van der Waals surface area (Å²) in [5.41, 5.74) is 6.41. The van der Waals surface area contributed by atoms with E-state index in [1.54, 1.807) is 6.07 Å². The molecule has 0 aliphatic rings. The average molecular weight is 466 g/mol. The molecule has 0 saturated carbocycles. The van der Waals surface area contributed by atoms with Crippen molar-refractivity contribution < 1.29 is 9.59 Å². The molecule has 35 heavy (non-hydrogen) atoms. The predicted octanol–water partition coefficient (Wildman–Crippen LogP) is 4.96. The van der Waals surface area contributed by atoms with Gasteiger partial charge in [-0.25, -0.2) is 4.98 Å². The van der Waals surface area contributed by atoms with E-state index in [4.69, 9.17) is 0 Å². The van der Waals surface area contributed by atoms with Crippen molar-refractivity contribution >= 4 is 39.4 Å². The smallest absolute Gasteiger partial charge is 0.251 e. The van der Waals surface area contributed by atoms with Crippen molar-refractivity contribution in [2.24, 2.45) is 0 Å². The molecule has 2 amide bonds. The number of aromatic nitrogens is 3. The van der Waals surface area contributed by atoms with Crippen LogP contribution in [-0.2, 0) is 17.6 Å². The fourth-order valence-electron chi connectivity index (χ4n) is 4.19. The number of para-hydroxylation sites is 1. The Kier molecular flexibility index (Phi) is 6.30. The molecule has 0 saturated heterocycles. The molecular formula is C28H27N5O2. The number of amides is 2. The van der Waals surface area contributed by atoms with E-state index in [1.807, 2.05) is 67.7 Å². The van der Waals surface area contributed by atoms with Crippen molar-refractivity contribution in [3.05, 3.63) is 95.4 Å². The molecule has 2 heterocycles. The Morgan fingerprint density at radius 1 is 0.971 bits per heavy atom. The van der Waals surface area contributed by atoms with Crippen molar-refractivity contribution in [1.29, 1.82) is 0 Å². The number of rotatable bonds is 8. The van der Waals surface area contributed by atoms with Crippen molar-refractivity contribution in [2.75, 3.05) is 11.9 Å². The summed E-state index contributed by atoms with van der Waals surface area (Å²) in [7, 11) is 0. The zero-order chi connectivity index (χ0) is 24.2. The largest absolute Gasteiger partial charge is 0.361 e. The molecule has 0 unspecified atom stereocenters. The molecule has 0 fully saturated rings. The summed E-state index contributed by atoms with van der Waals surface area (Å²) in [6.45, 7) is 2.38. The summed E-state index contributed by atoms with van der Waals surface area (Å²) < 4.78 is 0. The minimum Gasteiger partial charge on any atom is -0.361 e. The third-order valence-electron chi connectivity index (χ3n) is 6.08. The molecule has 0 radical (unpaired) electrons. The van der Waals surface area contributed by atoms with E-state index in [2.05, 4.69) is 31.7 Å². The number of hydrogen-bond donors (Lipinski definition) is 4. The highest BCUT2D eigenvalue weighted by Crippen LogP contribution is 2.19. The van der Waals surface area contributed by atoms with Gasteiger partial charge in [-0.15, -0.1) is 0 Å². The number of benzene rings is 3. The summed E-state index contributed by atoms with van der Waals surface area (Å²) in [4.78, 5) is 35.5. The topological polar surface area (TPSA) is 103 Å². The second-order valence-corrected chi connectivity index (χ2v) is 8.56. The highest BCUT2D eigenvalue weighted by atomic mass is 16.2. The predicted molar refractivity (Wildman–Crippen MR) is 139 cm³/mol. The molecule has 0 aliphatic carbocycles. The van der Waals surface area contributed by atoms with Crippen molar-refractivity contribution in [3.8, 4) is 0 Å². The van der Waals surface area contributed by atoms with Gasteiger partial charge >= 0.3 is 0 Å². The maximum atomic E-state index is 12.7. The normalized spacial score (nSPS) is 11.1. The van der Waals surface area contributed by atoms with E-state index in [0.717, 1.165) is 40.0 Å². The molecule has 0 atom stereocenters. The Hall–Kier alpha value is -4.39. The van der Waals surface area contributed by atoms with Gasteiger partial charge in [-0.3, -0.25) is 9.59 Å². The van der Waals surface area contributed by atoms with Crippen molar-refractivity contribution in [3.63, 3.8) is 0 Å². The summed E-state index contributed by atoms with van der Waals surface area (Å²) in [5, 5.41) is 7.06. The number of carbonyl (C=O) groups is 2. The van der Waals surface area contributed by atoms with Crippen LogP contribution in [0.25, 0.3) is 21.9 Å². The fourth-order valence-corrected chi connectivity index (χ4v) is 4.19. The molecule has 176 valence electrons. The van der Waals surface area contributed by atoms with Crippen LogP contribution in [0.1, 0.15) is 40.7 Å². The highest BCUT2D eigenvalue weighted by Gasteiger charge is 2.10. The lowest BCUT2D eigenvalue weighted by molar-refractivity contribution is -0.115. The molecule has 7 nitrogen and oxygen atoms in total. The first-order chi connectivity index (χ1) is 17.1. The van der Waals surface area contributed by atoms with Crippen LogP contribution in [0, 0.1) is 0 Å². The number of imidazole rings is 1. The van der Waals surface area contributed by atoms with Gasteiger partial charge in [0.25, 0.3) is 5.91 Å². The second-order valence-electron chi connectivity index (χ2n) is 8.56. The highest BCUT2D eigenvalue weighted by molar-refractivity contribution is 5.97. The molecule has 7 heteroatoms. The van der Waals surface area contributed by atoms with Gasteiger partial charge < -0.3 is 20.6 Å². The second kappa shape index (κ2) is 9.85. The van der Waals surface area contributed by atoms with Crippen LogP contribution in [0.15, 0.2) is 72.9 Å². The number of hydrogen-bond acceptors (Lipinski definition) is 3. The number of H-pyrrole nitrogens is 2. The van der Waals surface area contributed by atoms with E-state index in [0.29, 0.717) is 24.9 Å². The number of aromatic amines is 2. The van der Waals surface area contributed by atoms with Crippen molar-refractivity contribution in [1.82, 2.24) is 20.3 Å². The molecule has 4 N–H and O–H groups in total. The van der Waals surface area contributed by atoms with Crippen LogP contribution in [-0.4, -0.2) is 33.3 Å². The molecule has 0 spiro atoms. The fraction of sp³-hybridized carbons (Fsp3) is 0.179. The number of anilines is 1. The molecule has 3 aromatic carbocycles. The standard InChI is InChI=1S/C28H27N5O2/c1-2-27(34)31-21-10-7-18(8-11-21)15-26-32-24-12-9-19(16-25(24)33-26)28(35)29-14-13-20-17-30-23-6-4-3-5-22(20)23/h3-12,16-17,30H,2,13-15H2,1H3,(H,29,35)(H,31,34)(H,32,33). The van der Waals surface area contributed by atoms with Gasteiger partial charge in [0.15, 0.2) is 0 Å². The third kappa shape index (κ3) is 5.09. The third-order valence-corrected chi connectivity index (χ3v) is 6.08. The number of fused-ring (bicyclic) bond motifs is 2. The Morgan fingerprint density at radius 2 is 1.80 bits per heavy atom. The molecular weight excluding hydrogens is 438 g/mol. The Bertz CT molecular complexity index is 1500. The monoisotopic (exact) mass is 465 g/mol. The number of nitrogens with zero attached hydrogens (tertiary/aromatic N) is 1. The molecule has 5 rings (SSSR count). The summed E-state index contributed by atoms with van der Waals surface area (Å²) >= 11 is 0. The summed E-state index contributed by atoms with van der Waals surface area (Å²) in [6, 6.07) is 21.4. The summed E-state index contributed by atoms with van der Waals surface area (Å²) in [6.07, 6.45) is 3.84. The van der Waals surface area contributed by atoms with E-state index in [9.17, 15) is 9.59 Å². The first kappa shape index (κ1) is 22.4. The van der Waals surface area contributed by atoms with Crippen LogP contribution in [0.5, 0.6) is 0 Å². The van der Waals surface area contributed by atoms with Gasteiger partial charge in [0, 0.05) is 47.7 Å². The lowest BCUT2D eigenvalue weighted by Gasteiger charge is -2.05. The van der Waals surface area contributed by atoms with E-state index in [1.165, 1.54) is 10.9 Å². The van der Waals surface area contributed by atoms with Crippen LogP contribution >= 0.6 is 0 Å². The maximum absolute atomic E-state index is 12.7. The first-order valence-corrected chi connectivity index (χ1v) is 11.8. The number of nitrogens with one attached hydrogen (secondary N) is 4. The van der Waals surface area contributed by atoms with Crippen LogP contribution < -0.4 is 10.6 Å². The Balaban J connectivity index is 1.21. The minimum atomic E-state index is -0.104. The average Bonchev–Trinajstić information content (AvgIpc) is 3.48. The van der Waals surface area contributed by atoms with Gasteiger partial charge in [-0.2, -0.15) is 0 Å². The molecule has 0 bridgehead atoms. The van der Waals surface area contributed by atoms with Crippen LogP contribution in [0.4, 0.5) is 5.69 Å². The van der Waals surface area contributed by atoms with Gasteiger partial charge in [-0.05, 0) is 53.9 Å². The first-order valence-electron chi connectivity index (χ1n) is 11.8. The minimum absolute atomic E-state index is 0.00663. The molecule has 2 aromatic heterocycles. The Morgan fingerprint density at radius 3 is 2.63 bits per heavy atom. The zero-order valence-electron chi connectivity index (χ0n) is 19.5. The SMILES string of the molecule is CCC(=O)Nc1ccc(Cc2nc3ccc(C(=O)NCCc4c[nH]c5ccccc45)cc3[nH]2)cc1. The number of carbonyl (C=O) groups excluding carboxylic acids is 2. The van der Waals surface area contributed by atoms with Gasteiger partial charge in [0.05, 0.1) is 11.0 Å². The summed E-state index contributed by atoms with van der Waals surface area (Å²) in [5.74, 6) is 0.711. The van der Waals surface area contributed by atoms with Gasteiger partial charge in [0.2, 0.25) is 5.91 Å². The van der Waals surface area contributed by atoms with Gasteiger partial charge in [0.1, 0.15) is 5.82 Å². The van der Waals surface area contributed by atoms with E-state index in [-0.39, 0.29) is 11.8 Å². The van der Waals surface area contributed by atoms with Gasteiger partial charge in [-0.1, -0.05) is 37.3 Å². The quantitative estimate of drug-likeness (QED) is 0.261. The zero-order valence-corrected chi connectivity index (χ0v) is 19.5. The van der Waals surface area contributed by atoms with E-state index >= 15 is 0 Å². The lowest BCUT2D eigenvalue weighted by Crippen LogP contribution is -2.25. The maximum Gasteiger partial charge on any atom is 0.251 e. The van der Waals surface area contributed by atoms with Crippen molar-refractivity contribution in [2.45, 2.75) is 26.2 Å². The molecule has 0 aliphatic heterocycles. The lowest BCUT2D eigenvalue weighted by atomic mass is 10.1.